The fourth-order valence-electron chi connectivity index (χ4n) is 23.0. The highest BCUT2D eigenvalue weighted by Crippen LogP contribution is 2.42. The number of fused-ring (bicyclic) bond motifs is 2. The van der Waals surface area contributed by atoms with E-state index in [2.05, 4.69) is 39.8 Å². The van der Waals surface area contributed by atoms with Crippen molar-refractivity contribution in [2.45, 2.75) is 306 Å². The molecule has 5 aromatic carbocycles. The third-order valence-electron chi connectivity index (χ3n) is 32.6. The lowest BCUT2D eigenvalue weighted by Gasteiger charge is -2.28. The summed E-state index contributed by atoms with van der Waals surface area (Å²) >= 11 is 6.05. The van der Waals surface area contributed by atoms with Crippen LogP contribution in [0.2, 0.25) is 17.7 Å². The van der Waals surface area contributed by atoms with Gasteiger partial charge in [0.15, 0.2) is 0 Å². The maximum absolute atomic E-state index is 13.1. The first-order valence-corrected chi connectivity index (χ1v) is 54.4. The number of carbonyl (C=O) groups excluding carboxylic acids is 6. The normalized spacial score (nSPS) is 25.9. The van der Waals surface area contributed by atoms with Crippen LogP contribution in [-0.2, 0) is 102 Å². The van der Waals surface area contributed by atoms with Crippen LogP contribution in [0.3, 0.4) is 0 Å². The van der Waals surface area contributed by atoms with E-state index in [-0.39, 0.29) is 149 Å². The van der Waals surface area contributed by atoms with Crippen LogP contribution in [0.4, 0.5) is 0 Å². The third kappa shape index (κ3) is 33.1. The van der Waals surface area contributed by atoms with Gasteiger partial charge in [0.25, 0.3) is 0 Å². The predicted molar refractivity (Wildman–Crippen MR) is 578 cm³/mol. The third-order valence-corrected chi connectivity index (χ3v) is 32.8. The molecule has 828 valence electrons. The quantitative estimate of drug-likeness (QED) is 0.0162. The summed E-state index contributed by atoms with van der Waals surface area (Å²) < 4.78 is 0. The molecule has 6 saturated heterocycles. The molecule has 6 aliphatic heterocycles. The zero-order valence-corrected chi connectivity index (χ0v) is 88.9. The number of hydrogen-bond acceptors (Lipinski definition) is 23. The van der Waals surface area contributed by atoms with E-state index in [1.807, 2.05) is 129 Å². The number of unbranched alkanes of at least 4 members (excludes halogenated alkanes) is 4. The molecule has 6 amide bonds. The molecule has 0 radical (unpaired) electrons. The topological polar surface area (TPSA) is 609 Å². The number of carbonyl (C=O) groups is 12. The number of nitrogens with two attached hydrogens (primary N) is 7. The molecular weight excluding hydrogens is 1940 g/mol. The second-order valence-corrected chi connectivity index (χ2v) is 43.9. The number of nitrogens with zero attached hydrogens (tertiary/aromatic N) is 6. The van der Waals surface area contributed by atoms with Gasteiger partial charge in [0.2, 0.25) is 35.4 Å². The van der Waals surface area contributed by atoms with E-state index >= 15 is 0 Å². The van der Waals surface area contributed by atoms with Crippen LogP contribution in [0.25, 0.3) is 0 Å². The van der Waals surface area contributed by atoms with Gasteiger partial charge in [0.1, 0.15) is 33.2 Å². The van der Waals surface area contributed by atoms with Crippen molar-refractivity contribution in [1.29, 1.82) is 0 Å². The van der Waals surface area contributed by atoms with E-state index in [9.17, 15) is 88.2 Å². The molecular formula is C112H170B2ClN13O22. The fraction of sp³-hybridized carbons (Fsp3) is 0.625. The van der Waals surface area contributed by atoms with Crippen molar-refractivity contribution < 1.29 is 108 Å². The number of carboxylic acid groups (broad SMARTS) is 6. The molecule has 0 spiro atoms. The second kappa shape index (κ2) is 58.1. The average Bonchev–Trinajstić information content (AvgIpc) is 1.64. The Labute approximate surface area is 890 Å². The van der Waals surface area contributed by atoms with Gasteiger partial charge in [-0.2, -0.15) is 0 Å². The summed E-state index contributed by atoms with van der Waals surface area (Å²) in [6, 6.07) is 40.9. The van der Waals surface area contributed by atoms with Crippen LogP contribution in [0.1, 0.15) is 247 Å². The number of hydrogen-bond donors (Lipinski definition) is 17. The molecule has 9 aliphatic rings. The van der Waals surface area contributed by atoms with Gasteiger partial charge in [-0.3, -0.25) is 57.5 Å². The second-order valence-electron chi connectivity index (χ2n) is 43.5. The highest BCUT2D eigenvalue weighted by atomic mass is 35.5. The summed E-state index contributed by atoms with van der Waals surface area (Å²) in [6.07, 6.45) is 25.3. The van der Waals surface area contributed by atoms with Crippen molar-refractivity contribution in [2.24, 2.45) is 99.3 Å². The van der Waals surface area contributed by atoms with E-state index in [1.165, 1.54) is 27.2 Å². The van der Waals surface area contributed by atoms with Crippen LogP contribution in [0.5, 0.6) is 0 Å². The van der Waals surface area contributed by atoms with Gasteiger partial charge in [-0.1, -0.05) is 252 Å². The molecule has 0 bridgehead atoms. The number of halogens is 1. The zero-order chi connectivity index (χ0) is 109. The standard InChI is InChI=1S/C20H27ClN2O3.C20H28N2O3.C20H30N2O3.C18H28BN3O5.C18H27BN2O5.C15H26N2O3.CH4/c1-2-3-4-16-11-23(12-20(16,22)19(25)26)18(24)15-6-5-14-10-17(21)8-7-13(14)9-15;1-2-3-8-17-12-22(13-20(17,21)19(24)25)18(23)16-10-9-14-6-4-5-7-15(14)11-16;1-3-5-11-17-13-22(14-20(17,21)19(24)25)18(23)16(4-2)12-15-9-7-6-8-10-15;1-12-4-6-13(7-5-12)9-15(20)16(23)22-10-14(3-2-8-19(26)27)18(21,11-22)17(24)25;20-18(17(23)24)13-21(12-15(18)9-5-11-19(25)26)16(22)10-4-8-14-6-2-1-3-7-14;1-2-3-8-12-9-17(10-15(12,16)14(19)20)13(18)11-6-4-5-7-11;/h7-8,10,15-16H,2-6,9,11-12,22H2,1H3,(H,25,26);4-7,16-17H,2-3,8-13,21H2,1H3,(H,24,25);6-10,16-17H,3-5,11-14,21H2,1-2H3,(H,24,25);4-7,14-15,26-27H,2-3,8-11,20-21H2,1H3,(H,24,25);1-3,6-7,15,25-26H,4-5,8-13,20H2,(H,23,24);11-12H,2-10,16H2,1H3,(H,19,20);1H4/t15?,16-,20-;2*16?,17-,20-;14-,15?,18-;15-,18-;12-,15-;/m000000./s1. The number of rotatable bonds is 40. The Kier molecular flexibility index (Phi) is 48.4. The smallest absolute Gasteiger partial charge is 0.451 e. The van der Waals surface area contributed by atoms with Gasteiger partial charge in [0.05, 0.1) is 6.04 Å². The number of likely N-dealkylation sites (tertiary alicyclic amines) is 6. The Hall–Kier alpha value is -10.3. The number of aliphatic carboxylic acids is 6. The van der Waals surface area contributed by atoms with Crippen molar-refractivity contribution in [3.63, 3.8) is 0 Å². The minimum Gasteiger partial charge on any atom is -0.480 e. The maximum Gasteiger partial charge on any atom is 0.451 e. The van der Waals surface area contributed by atoms with E-state index in [4.69, 9.17) is 71.8 Å². The minimum absolute atomic E-state index is 0. The van der Waals surface area contributed by atoms with Crippen molar-refractivity contribution in [1.82, 2.24) is 29.4 Å². The lowest BCUT2D eigenvalue weighted by molar-refractivity contribution is -0.146. The molecule has 38 heteroatoms. The maximum atomic E-state index is 13.1. The molecule has 14 rings (SSSR count). The van der Waals surface area contributed by atoms with Gasteiger partial charge in [-0.05, 0) is 193 Å². The predicted octanol–water partition coefficient (Wildman–Crippen LogP) is 9.89. The number of carboxylic acids is 6. The fourth-order valence-corrected chi connectivity index (χ4v) is 23.2. The minimum atomic E-state index is -1.56. The SMILES string of the molecule is C.CCCC[C@H]1CN(C(=O)C(CC)Cc2ccccc2)C[C@@]1(N)C(=O)O.CCCC[C@H]1CN(C(=O)C2CCCC2)C[C@@]1(N)C(=O)O.CCCC[C@H]1CN(C(=O)C2CCc3cc(Cl)ccc3C2)C[C@@]1(N)C(=O)O.CCCC[C@H]1CN(C(=O)C2CCc3ccccc3C2)C[C@@]1(N)C(=O)O.Cc1ccc(CC(N)C(=O)N2C[C@H](CCCB(O)O)[C@](N)(C(=O)O)C2)cc1.N[C@@]1(C(=O)O)CN(C(=O)CCCc2ccccc2)C[C@@H]1CCCB(O)O. The van der Waals surface area contributed by atoms with Gasteiger partial charge < -0.3 is 120 Å². The summed E-state index contributed by atoms with van der Waals surface area (Å²) in [5.74, 6) is -8.09. The highest BCUT2D eigenvalue weighted by molar-refractivity contribution is 6.41. The molecule has 16 atom stereocenters. The van der Waals surface area contributed by atoms with Crippen LogP contribution in [0.15, 0.2) is 127 Å². The molecule has 4 unspecified atom stereocenters. The van der Waals surface area contributed by atoms with Crippen molar-refractivity contribution in [3.8, 4) is 0 Å². The Balaban J connectivity index is 0.000000219. The molecule has 6 heterocycles. The molecule has 7 fully saturated rings. The summed E-state index contributed by atoms with van der Waals surface area (Å²) in [5.41, 5.74) is 44.1. The van der Waals surface area contributed by atoms with Gasteiger partial charge in [-0.25, -0.2) is 0 Å². The van der Waals surface area contributed by atoms with E-state index < -0.39 is 101 Å². The number of aryl methyl sites for hydroxylation is 4. The first-order valence-electron chi connectivity index (χ1n) is 54.0. The zero-order valence-electron chi connectivity index (χ0n) is 88.1. The summed E-state index contributed by atoms with van der Waals surface area (Å²) in [7, 11) is -2.85. The van der Waals surface area contributed by atoms with Gasteiger partial charge in [-0.15, -0.1) is 0 Å². The largest absolute Gasteiger partial charge is 0.480 e. The first kappa shape index (κ1) is 125. The molecule has 35 nitrogen and oxygen atoms in total. The van der Waals surface area contributed by atoms with Gasteiger partial charge in [0, 0.05) is 149 Å². The van der Waals surface area contributed by atoms with E-state index in [1.54, 1.807) is 24.5 Å². The van der Waals surface area contributed by atoms with E-state index in [0.717, 1.165) is 175 Å². The molecule has 150 heavy (non-hydrogen) atoms. The highest BCUT2D eigenvalue weighted by Gasteiger charge is 2.58. The van der Waals surface area contributed by atoms with Crippen molar-refractivity contribution in [3.05, 3.63) is 177 Å². The van der Waals surface area contributed by atoms with Crippen molar-refractivity contribution in [2.75, 3.05) is 78.5 Å². The van der Waals surface area contributed by atoms with Crippen LogP contribution >= 0.6 is 11.6 Å². The average molecular weight is 2110 g/mol. The number of amides is 6. The Morgan fingerprint density at radius 1 is 0.373 bits per heavy atom. The molecule has 1 saturated carbocycles. The summed E-state index contributed by atoms with van der Waals surface area (Å²) in [4.78, 5) is 157. The van der Waals surface area contributed by atoms with Crippen LogP contribution in [-0.4, -0.2) is 283 Å². The molecule has 3 aliphatic carbocycles. The van der Waals surface area contributed by atoms with Crippen LogP contribution < -0.4 is 40.1 Å². The lowest BCUT2D eigenvalue weighted by atomic mass is 9.78. The Morgan fingerprint density at radius 2 is 0.700 bits per heavy atom. The molecule has 24 N–H and O–H groups in total. The Bertz CT molecular complexity index is 5200. The van der Waals surface area contributed by atoms with Gasteiger partial charge >= 0.3 is 50.1 Å². The molecule has 5 aromatic rings. The number of benzene rings is 5. The van der Waals surface area contributed by atoms with E-state index in [0.29, 0.717) is 90.5 Å². The Morgan fingerprint density at radius 3 is 1.09 bits per heavy atom. The van der Waals surface area contributed by atoms with Crippen LogP contribution in [0, 0.1) is 66.1 Å². The summed E-state index contributed by atoms with van der Waals surface area (Å²) in [6.45, 7) is 15.1. The van der Waals surface area contributed by atoms with Crippen molar-refractivity contribution >= 4 is 97.1 Å². The summed E-state index contributed by atoms with van der Waals surface area (Å²) in [5, 5.41) is 93.9. The first-order chi connectivity index (χ1) is 70.7. The monoisotopic (exact) mass is 2110 g/mol. The lowest BCUT2D eigenvalue weighted by Crippen LogP contribution is -2.55. The molecule has 0 aromatic heterocycles.